The first kappa shape index (κ1) is 16.1. The molecular formula is C14H25N3OS. The molecule has 0 aliphatic carbocycles. The smallest absolute Gasteiger partial charge is 0.275 e. The predicted octanol–water partition coefficient (Wildman–Crippen LogP) is 2.47. The van der Waals surface area contributed by atoms with Gasteiger partial charge in [-0.05, 0) is 24.0 Å². The first-order valence-corrected chi connectivity index (χ1v) is 7.56. The summed E-state index contributed by atoms with van der Waals surface area (Å²) in [6.45, 7) is 12.0. The number of amides is 1. The normalized spacial score (nSPS) is 11.6. The number of nitrogen functional groups attached to an aromatic ring is 1. The lowest BCUT2D eigenvalue weighted by atomic mass is 10.1. The van der Waals surface area contributed by atoms with Gasteiger partial charge in [-0.25, -0.2) is 5.84 Å². The molecule has 3 N–H and O–H groups in total. The molecule has 0 unspecified atom stereocenters. The van der Waals surface area contributed by atoms with Crippen molar-refractivity contribution < 1.29 is 4.79 Å². The number of hydrogen-bond acceptors (Lipinski definition) is 4. The molecule has 0 saturated heterocycles. The van der Waals surface area contributed by atoms with Crippen molar-refractivity contribution >= 4 is 17.2 Å². The number of carbonyl (C=O) groups is 1. The lowest BCUT2D eigenvalue weighted by molar-refractivity contribution is 0.0957. The average molecular weight is 283 g/mol. The van der Waals surface area contributed by atoms with Crippen LogP contribution in [0.4, 0.5) is 0 Å². The van der Waals surface area contributed by atoms with E-state index in [0.29, 0.717) is 16.7 Å². The molecule has 0 saturated carbocycles. The minimum Gasteiger partial charge on any atom is -0.298 e. The summed E-state index contributed by atoms with van der Waals surface area (Å²) in [5.74, 6) is 6.22. The van der Waals surface area contributed by atoms with Gasteiger partial charge < -0.3 is 0 Å². The largest absolute Gasteiger partial charge is 0.298 e. The molecular weight excluding hydrogens is 258 g/mol. The van der Waals surface area contributed by atoms with Gasteiger partial charge in [0.15, 0.2) is 0 Å². The maximum atomic E-state index is 11.4. The van der Waals surface area contributed by atoms with Gasteiger partial charge in [0, 0.05) is 24.5 Å². The summed E-state index contributed by atoms with van der Waals surface area (Å²) in [7, 11) is 0. The minimum absolute atomic E-state index is 0.212. The number of hydrogen-bond donors (Lipinski definition) is 2. The number of thiophene rings is 1. The van der Waals surface area contributed by atoms with E-state index in [1.165, 1.54) is 16.2 Å². The van der Waals surface area contributed by atoms with Crippen molar-refractivity contribution in [2.75, 3.05) is 13.1 Å². The van der Waals surface area contributed by atoms with Gasteiger partial charge in [0.1, 0.15) is 0 Å². The zero-order valence-corrected chi connectivity index (χ0v) is 13.1. The van der Waals surface area contributed by atoms with E-state index in [9.17, 15) is 4.79 Å². The monoisotopic (exact) mass is 283 g/mol. The Bertz CT molecular complexity index is 391. The van der Waals surface area contributed by atoms with Gasteiger partial charge in [0.25, 0.3) is 5.91 Å². The Hall–Kier alpha value is -0.910. The molecule has 108 valence electrons. The molecule has 0 radical (unpaired) electrons. The Balaban J connectivity index is 2.67. The van der Waals surface area contributed by atoms with Gasteiger partial charge in [-0.2, -0.15) is 0 Å². The van der Waals surface area contributed by atoms with E-state index >= 15 is 0 Å². The Morgan fingerprint density at radius 2 is 1.84 bits per heavy atom. The Morgan fingerprint density at radius 1 is 1.26 bits per heavy atom. The molecule has 1 rings (SSSR count). The molecule has 1 amide bonds. The zero-order chi connectivity index (χ0) is 14.4. The molecule has 0 aromatic carbocycles. The standard InChI is InChI=1S/C14H25N3OS/c1-10(2)7-17(8-11(3)4)9-12-5-6-13(19-12)14(18)16-15/h5-6,10-11H,7-9,15H2,1-4H3,(H,16,18). The average Bonchev–Trinajstić information content (AvgIpc) is 2.74. The quantitative estimate of drug-likeness (QED) is 0.459. The van der Waals surface area contributed by atoms with E-state index in [2.05, 4.69) is 38.0 Å². The fourth-order valence-corrected chi connectivity index (χ4v) is 3.07. The highest BCUT2D eigenvalue weighted by Gasteiger charge is 2.13. The third kappa shape index (κ3) is 5.72. The number of hydrazine groups is 1. The van der Waals surface area contributed by atoms with Crippen LogP contribution in [-0.4, -0.2) is 23.9 Å². The van der Waals surface area contributed by atoms with Gasteiger partial charge in [-0.3, -0.25) is 15.1 Å². The van der Waals surface area contributed by atoms with E-state index in [0.717, 1.165) is 19.6 Å². The third-order valence-corrected chi connectivity index (χ3v) is 3.71. The van der Waals surface area contributed by atoms with Gasteiger partial charge in [-0.1, -0.05) is 27.7 Å². The topological polar surface area (TPSA) is 58.4 Å². The highest BCUT2D eigenvalue weighted by molar-refractivity contribution is 7.14. The molecule has 0 atom stereocenters. The van der Waals surface area contributed by atoms with Crippen LogP contribution < -0.4 is 11.3 Å². The number of nitrogens with zero attached hydrogens (tertiary/aromatic N) is 1. The molecule has 19 heavy (non-hydrogen) atoms. The van der Waals surface area contributed by atoms with E-state index in [4.69, 9.17) is 5.84 Å². The summed E-state index contributed by atoms with van der Waals surface area (Å²) in [6.07, 6.45) is 0. The van der Waals surface area contributed by atoms with E-state index in [1.54, 1.807) is 0 Å². The maximum absolute atomic E-state index is 11.4. The lowest BCUT2D eigenvalue weighted by Crippen LogP contribution is -2.30. The van der Waals surface area contributed by atoms with Crippen LogP contribution in [0, 0.1) is 11.8 Å². The van der Waals surface area contributed by atoms with Crippen molar-refractivity contribution in [3.05, 3.63) is 21.9 Å². The number of nitrogens with one attached hydrogen (secondary N) is 1. The first-order valence-electron chi connectivity index (χ1n) is 6.74. The van der Waals surface area contributed by atoms with Crippen LogP contribution in [-0.2, 0) is 6.54 Å². The van der Waals surface area contributed by atoms with Crippen LogP contribution in [0.3, 0.4) is 0 Å². The van der Waals surface area contributed by atoms with Gasteiger partial charge in [0.2, 0.25) is 0 Å². The molecule has 0 bridgehead atoms. The van der Waals surface area contributed by atoms with Crippen LogP contribution in [0.1, 0.15) is 42.2 Å². The number of nitrogens with two attached hydrogens (primary N) is 1. The summed E-state index contributed by atoms with van der Waals surface area (Å²) in [5.41, 5.74) is 2.17. The molecule has 1 aromatic heterocycles. The van der Waals surface area contributed by atoms with Crippen molar-refractivity contribution in [2.24, 2.45) is 17.7 Å². The van der Waals surface area contributed by atoms with Gasteiger partial charge in [-0.15, -0.1) is 11.3 Å². The molecule has 1 heterocycles. The zero-order valence-electron chi connectivity index (χ0n) is 12.3. The number of rotatable bonds is 7. The second-order valence-corrected chi connectivity index (χ2v) is 6.89. The van der Waals surface area contributed by atoms with Crippen LogP contribution in [0.25, 0.3) is 0 Å². The lowest BCUT2D eigenvalue weighted by Gasteiger charge is -2.25. The van der Waals surface area contributed by atoms with Gasteiger partial charge >= 0.3 is 0 Å². The van der Waals surface area contributed by atoms with Crippen molar-refractivity contribution in [3.8, 4) is 0 Å². The third-order valence-electron chi connectivity index (χ3n) is 2.64. The molecule has 0 aliphatic rings. The minimum atomic E-state index is -0.212. The first-order chi connectivity index (χ1) is 8.92. The van der Waals surface area contributed by atoms with Crippen LogP contribution >= 0.6 is 11.3 Å². The molecule has 5 heteroatoms. The summed E-state index contributed by atoms with van der Waals surface area (Å²) in [5, 5.41) is 0. The van der Waals surface area contributed by atoms with E-state index in [-0.39, 0.29) is 5.91 Å². The number of carbonyl (C=O) groups excluding carboxylic acids is 1. The van der Waals surface area contributed by atoms with Crippen molar-refractivity contribution in [1.29, 1.82) is 0 Å². The molecule has 0 aliphatic heterocycles. The fraction of sp³-hybridized carbons (Fsp3) is 0.643. The summed E-state index contributed by atoms with van der Waals surface area (Å²) < 4.78 is 0. The second kappa shape index (κ2) is 7.62. The van der Waals surface area contributed by atoms with Crippen LogP contribution in [0.2, 0.25) is 0 Å². The highest BCUT2D eigenvalue weighted by atomic mass is 32.1. The fourth-order valence-electron chi connectivity index (χ4n) is 2.11. The van der Waals surface area contributed by atoms with Crippen LogP contribution in [0.15, 0.2) is 12.1 Å². The van der Waals surface area contributed by atoms with Crippen molar-refractivity contribution in [1.82, 2.24) is 10.3 Å². The summed E-state index contributed by atoms with van der Waals surface area (Å²) >= 11 is 1.51. The predicted molar refractivity (Wildman–Crippen MR) is 80.9 cm³/mol. The summed E-state index contributed by atoms with van der Waals surface area (Å²) in [6, 6.07) is 3.86. The highest BCUT2D eigenvalue weighted by Crippen LogP contribution is 2.19. The summed E-state index contributed by atoms with van der Waals surface area (Å²) in [4.78, 5) is 15.8. The van der Waals surface area contributed by atoms with E-state index < -0.39 is 0 Å². The molecule has 0 fully saturated rings. The molecule has 4 nitrogen and oxygen atoms in total. The molecule has 1 aromatic rings. The van der Waals surface area contributed by atoms with E-state index in [1.807, 2.05) is 12.1 Å². The second-order valence-electron chi connectivity index (χ2n) is 5.72. The van der Waals surface area contributed by atoms with Crippen molar-refractivity contribution in [3.63, 3.8) is 0 Å². The van der Waals surface area contributed by atoms with Crippen molar-refractivity contribution in [2.45, 2.75) is 34.2 Å². The van der Waals surface area contributed by atoms with Crippen LogP contribution in [0.5, 0.6) is 0 Å². The Labute approximate surface area is 120 Å². The Morgan fingerprint density at radius 3 is 2.32 bits per heavy atom. The maximum Gasteiger partial charge on any atom is 0.275 e. The Kier molecular flexibility index (Phi) is 6.48. The SMILES string of the molecule is CC(C)CN(Cc1ccc(C(=O)NN)s1)CC(C)C. The van der Waals surface area contributed by atoms with Gasteiger partial charge in [0.05, 0.1) is 4.88 Å². The molecule has 0 spiro atoms.